The van der Waals surface area contributed by atoms with E-state index in [1.54, 1.807) is 0 Å². The van der Waals surface area contributed by atoms with Crippen LogP contribution in [0.2, 0.25) is 0 Å². The van der Waals surface area contributed by atoms with Crippen LogP contribution in [0.5, 0.6) is 11.5 Å². The molecule has 10 rings (SSSR count). The molecule has 2 aromatic heterocycles. The first kappa shape index (κ1) is 33.0. The van der Waals surface area contributed by atoms with Crippen molar-refractivity contribution in [3.8, 4) is 39.6 Å². The number of aromatic nitrogens is 2. The molecule has 0 amide bonds. The molecule has 5 nitrogen and oxygen atoms in total. The Morgan fingerprint density at radius 1 is 0.564 bits per heavy atom. The van der Waals surface area contributed by atoms with Crippen molar-refractivity contribution in [2.24, 2.45) is 5.41 Å². The fourth-order valence-corrected chi connectivity index (χ4v) is 8.75. The van der Waals surface area contributed by atoms with Crippen LogP contribution in [0.3, 0.4) is 0 Å². The average Bonchev–Trinajstić information content (AvgIpc) is 3.82. The minimum absolute atomic E-state index is 0.150. The molecule has 0 saturated carbocycles. The van der Waals surface area contributed by atoms with Crippen molar-refractivity contribution < 1.29 is 4.74 Å². The van der Waals surface area contributed by atoms with E-state index in [0.717, 1.165) is 28.4 Å². The average molecular weight is 715 g/mol. The molecule has 0 bridgehead atoms. The van der Waals surface area contributed by atoms with E-state index in [2.05, 4.69) is 194 Å². The Kier molecular flexibility index (Phi) is 7.50. The smallest absolute Gasteiger partial charge is 0.137 e. The Morgan fingerprint density at radius 3 is 1.91 bits per heavy atom. The van der Waals surface area contributed by atoms with Gasteiger partial charge in [0, 0.05) is 63.0 Å². The molecule has 0 fully saturated rings. The lowest BCUT2D eigenvalue weighted by Gasteiger charge is -2.51. The number of ether oxygens (including phenoxy) is 1. The summed E-state index contributed by atoms with van der Waals surface area (Å²) in [6.45, 7) is 10.2. The summed E-state index contributed by atoms with van der Waals surface area (Å²) in [4.78, 5) is 9.69. The molecule has 6 aromatic carbocycles. The maximum atomic E-state index is 6.78. The Hall–Kier alpha value is -6.59. The fraction of sp³-hybridized carbons (Fsp3) is 0.140. The first-order valence-corrected chi connectivity index (χ1v) is 19.1. The molecule has 268 valence electrons. The van der Waals surface area contributed by atoms with Crippen molar-refractivity contribution in [2.45, 2.75) is 33.1 Å². The van der Waals surface area contributed by atoms with Gasteiger partial charge < -0.3 is 14.5 Å². The van der Waals surface area contributed by atoms with Crippen molar-refractivity contribution in [3.05, 3.63) is 181 Å². The second kappa shape index (κ2) is 12.5. The zero-order valence-corrected chi connectivity index (χ0v) is 31.6. The number of rotatable bonds is 6. The van der Waals surface area contributed by atoms with Crippen LogP contribution < -0.4 is 14.5 Å². The lowest BCUT2D eigenvalue weighted by atomic mass is 9.60. The summed E-state index contributed by atoms with van der Waals surface area (Å²) in [5, 5.41) is 2.36. The minimum Gasteiger partial charge on any atom is -0.457 e. The standard InChI is InChI=1S/C50H42N4O/c1-49(2)42-28-26-37(55-36-25-27-41-40-20-11-12-23-43(40)54(44(41)30-36)47-24-13-14-29-51-47)31-45(42)53-33-52(32-46(53)50(49,3)4)48-38(34-16-7-5-8-17-34)21-15-22-39(48)35-18-9-6-10-19-35/h5-32H,33H2,1-4H3. The normalized spacial score (nSPS) is 15.5. The monoisotopic (exact) mass is 714 g/mol. The molecule has 0 aliphatic carbocycles. The number of benzene rings is 6. The lowest BCUT2D eigenvalue weighted by Crippen LogP contribution is -2.48. The van der Waals surface area contributed by atoms with Crippen LogP contribution in [0.15, 0.2) is 176 Å². The van der Waals surface area contributed by atoms with Gasteiger partial charge in [-0.05, 0) is 53.1 Å². The SMILES string of the molecule is CC1(C)C2=CN(c3c(-c4ccccc4)cccc3-c3ccccc3)CN2c2cc(Oc3ccc4c5ccccc5n(-c5ccccn5)c4c3)ccc2C1(C)C. The quantitative estimate of drug-likeness (QED) is 0.172. The van der Waals surface area contributed by atoms with Crippen LogP contribution in [0, 0.1) is 5.41 Å². The highest BCUT2D eigenvalue weighted by Crippen LogP contribution is 2.58. The van der Waals surface area contributed by atoms with Gasteiger partial charge in [-0.3, -0.25) is 4.57 Å². The molecule has 0 atom stereocenters. The van der Waals surface area contributed by atoms with Gasteiger partial charge in [-0.2, -0.15) is 0 Å². The van der Waals surface area contributed by atoms with Crippen LogP contribution in [0.1, 0.15) is 33.3 Å². The molecule has 8 aromatic rings. The topological polar surface area (TPSA) is 33.5 Å². The summed E-state index contributed by atoms with van der Waals surface area (Å²) in [6.07, 6.45) is 4.24. The number of para-hydroxylation sites is 2. The van der Waals surface area contributed by atoms with E-state index in [1.807, 2.05) is 18.3 Å². The Morgan fingerprint density at radius 2 is 1.20 bits per heavy atom. The van der Waals surface area contributed by atoms with E-state index in [9.17, 15) is 0 Å². The zero-order chi connectivity index (χ0) is 37.3. The summed E-state index contributed by atoms with van der Waals surface area (Å²) in [7, 11) is 0. The number of fused-ring (bicyclic) bond motifs is 6. The number of nitrogens with zero attached hydrogens (tertiary/aromatic N) is 4. The highest BCUT2D eigenvalue weighted by Gasteiger charge is 2.51. The van der Waals surface area contributed by atoms with Crippen LogP contribution in [0.25, 0.3) is 49.9 Å². The minimum atomic E-state index is -0.157. The van der Waals surface area contributed by atoms with Gasteiger partial charge in [0.2, 0.25) is 0 Å². The maximum Gasteiger partial charge on any atom is 0.137 e. The number of hydrogen-bond donors (Lipinski definition) is 0. The predicted octanol–water partition coefficient (Wildman–Crippen LogP) is 12.7. The number of hydrogen-bond acceptors (Lipinski definition) is 4. The molecule has 2 aliphatic rings. The molecule has 0 radical (unpaired) electrons. The molecular formula is C50H42N4O. The number of anilines is 2. The lowest BCUT2D eigenvalue weighted by molar-refractivity contribution is 0.235. The second-order valence-electron chi connectivity index (χ2n) is 15.7. The van der Waals surface area contributed by atoms with Crippen molar-refractivity contribution >= 4 is 33.2 Å². The van der Waals surface area contributed by atoms with Crippen LogP contribution in [-0.2, 0) is 5.41 Å². The highest BCUT2D eigenvalue weighted by atomic mass is 16.5. The van der Waals surface area contributed by atoms with Gasteiger partial charge in [-0.1, -0.05) is 137 Å². The summed E-state index contributed by atoms with van der Waals surface area (Å²) in [6, 6.07) is 55.8. The fourth-order valence-electron chi connectivity index (χ4n) is 8.75. The van der Waals surface area contributed by atoms with Gasteiger partial charge in [-0.15, -0.1) is 0 Å². The molecule has 5 heteroatoms. The molecule has 0 N–H and O–H groups in total. The highest BCUT2D eigenvalue weighted by molar-refractivity contribution is 6.09. The van der Waals surface area contributed by atoms with E-state index in [0.29, 0.717) is 6.67 Å². The third kappa shape index (κ3) is 5.18. The number of pyridine rings is 1. The number of allylic oxidation sites excluding steroid dienone is 1. The van der Waals surface area contributed by atoms with Gasteiger partial charge in [0.05, 0.1) is 29.1 Å². The predicted molar refractivity (Wildman–Crippen MR) is 227 cm³/mol. The second-order valence-corrected chi connectivity index (χ2v) is 15.7. The molecular weight excluding hydrogens is 673 g/mol. The van der Waals surface area contributed by atoms with Gasteiger partial charge in [0.1, 0.15) is 17.3 Å². The third-order valence-corrected chi connectivity index (χ3v) is 12.3. The molecule has 55 heavy (non-hydrogen) atoms. The van der Waals surface area contributed by atoms with Crippen molar-refractivity contribution in [1.29, 1.82) is 0 Å². The van der Waals surface area contributed by atoms with Crippen molar-refractivity contribution in [2.75, 3.05) is 16.5 Å². The first-order chi connectivity index (χ1) is 26.8. The summed E-state index contributed by atoms with van der Waals surface area (Å²) >= 11 is 0. The van der Waals surface area contributed by atoms with E-state index in [4.69, 9.17) is 9.72 Å². The van der Waals surface area contributed by atoms with Crippen molar-refractivity contribution in [1.82, 2.24) is 9.55 Å². The summed E-state index contributed by atoms with van der Waals surface area (Å²) in [5.41, 5.74) is 11.7. The van der Waals surface area contributed by atoms with E-state index < -0.39 is 0 Å². The summed E-state index contributed by atoms with van der Waals surface area (Å²) in [5.74, 6) is 2.47. The molecule has 0 saturated heterocycles. The Labute approximate surface area is 322 Å². The van der Waals surface area contributed by atoms with Gasteiger partial charge in [0.25, 0.3) is 0 Å². The van der Waals surface area contributed by atoms with Gasteiger partial charge in [-0.25, -0.2) is 4.98 Å². The van der Waals surface area contributed by atoms with E-state index in [-0.39, 0.29) is 10.8 Å². The van der Waals surface area contributed by atoms with Crippen LogP contribution >= 0.6 is 0 Å². The van der Waals surface area contributed by atoms with Crippen molar-refractivity contribution in [3.63, 3.8) is 0 Å². The Bertz CT molecular complexity index is 2710. The maximum absolute atomic E-state index is 6.78. The van der Waals surface area contributed by atoms with Gasteiger partial charge >= 0.3 is 0 Å². The molecule has 0 spiro atoms. The molecule has 0 unspecified atom stereocenters. The van der Waals surface area contributed by atoms with E-state index >= 15 is 0 Å². The van der Waals surface area contributed by atoms with Crippen LogP contribution in [0.4, 0.5) is 11.4 Å². The zero-order valence-electron chi connectivity index (χ0n) is 31.6. The van der Waals surface area contributed by atoms with Gasteiger partial charge in [0.15, 0.2) is 0 Å². The first-order valence-electron chi connectivity index (χ1n) is 19.1. The summed E-state index contributed by atoms with van der Waals surface area (Å²) < 4.78 is 9.00. The molecule has 2 aliphatic heterocycles. The largest absolute Gasteiger partial charge is 0.457 e. The van der Waals surface area contributed by atoms with Crippen LogP contribution in [-0.4, -0.2) is 16.2 Å². The van der Waals surface area contributed by atoms with E-state index in [1.165, 1.54) is 55.7 Å². The third-order valence-electron chi connectivity index (χ3n) is 12.3. The Balaban J connectivity index is 1.07. The molecule has 4 heterocycles.